The van der Waals surface area contributed by atoms with E-state index >= 15 is 0 Å². The highest BCUT2D eigenvalue weighted by Gasteiger charge is 2.18. The van der Waals surface area contributed by atoms with E-state index in [9.17, 15) is 14.4 Å². The molecule has 1 aliphatic heterocycles. The Morgan fingerprint density at radius 2 is 2.09 bits per heavy atom. The number of rotatable bonds is 4. The van der Waals surface area contributed by atoms with E-state index in [-0.39, 0.29) is 29.2 Å². The first kappa shape index (κ1) is 16.0. The standard InChI is InChI=1S/C14H15N3O4S/c1-8-6-11(18)17-14(15-8)22-7-12(19)16-10-4-2-9(3-5-10)13(20)21/h2-5,8H,6-7H2,1H3,(H,16,19)(H,20,21)(H,15,17,18). The summed E-state index contributed by atoms with van der Waals surface area (Å²) < 4.78 is 0. The number of thioether (sulfide) groups is 1. The minimum atomic E-state index is -1.02. The highest BCUT2D eigenvalue weighted by Crippen LogP contribution is 2.13. The Labute approximate surface area is 131 Å². The molecule has 1 heterocycles. The summed E-state index contributed by atoms with van der Waals surface area (Å²) in [4.78, 5) is 38.1. The number of nitrogens with one attached hydrogen (secondary N) is 2. The molecule has 0 aliphatic carbocycles. The third kappa shape index (κ3) is 4.59. The largest absolute Gasteiger partial charge is 0.478 e. The first-order valence-corrected chi connectivity index (χ1v) is 7.56. The van der Waals surface area contributed by atoms with Crippen molar-refractivity contribution in [3.05, 3.63) is 29.8 Å². The fraction of sp³-hybridized carbons (Fsp3) is 0.286. The summed E-state index contributed by atoms with van der Waals surface area (Å²) in [5, 5.41) is 14.5. The first-order valence-electron chi connectivity index (χ1n) is 6.57. The zero-order valence-corrected chi connectivity index (χ0v) is 12.6. The molecule has 22 heavy (non-hydrogen) atoms. The van der Waals surface area contributed by atoms with Crippen LogP contribution in [-0.2, 0) is 9.59 Å². The van der Waals surface area contributed by atoms with Crippen molar-refractivity contribution in [2.75, 3.05) is 11.1 Å². The van der Waals surface area contributed by atoms with E-state index in [0.717, 1.165) is 11.8 Å². The Morgan fingerprint density at radius 1 is 1.41 bits per heavy atom. The minimum Gasteiger partial charge on any atom is -0.478 e. The second kappa shape index (κ2) is 7.08. The molecule has 0 aromatic heterocycles. The van der Waals surface area contributed by atoms with Crippen LogP contribution in [0.4, 0.5) is 5.69 Å². The molecule has 1 aromatic rings. The summed E-state index contributed by atoms with van der Waals surface area (Å²) in [6.07, 6.45) is 0.353. The van der Waals surface area contributed by atoms with E-state index < -0.39 is 5.97 Å². The lowest BCUT2D eigenvalue weighted by Crippen LogP contribution is -2.36. The van der Waals surface area contributed by atoms with E-state index in [0.29, 0.717) is 17.3 Å². The number of amides is 2. The highest BCUT2D eigenvalue weighted by molar-refractivity contribution is 8.14. The maximum atomic E-state index is 11.8. The monoisotopic (exact) mass is 321 g/mol. The summed E-state index contributed by atoms with van der Waals surface area (Å²) in [5.74, 6) is -1.28. The number of carboxylic acid groups (broad SMARTS) is 1. The van der Waals surface area contributed by atoms with E-state index in [1.807, 2.05) is 6.92 Å². The highest BCUT2D eigenvalue weighted by atomic mass is 32.2. The molecular formula is C14H15N3O4S. The number of amidine groups is 1. The predicted molar refractivity (Wildman–Crippen MR) is 84.1 cm³/mol. The van der Waals surface area contributed by atoms with Gasteiger partial charge in [0.25, 0.3) is 0 Å². The molecule has 2 amide bonds. The summed E-state index contributed by atoms with van der Waals surface area (Å²) >= 11 is 1.15. The minimum absolute atomic E-state index is 0.0807. The molecule has 1 aromatic carbocycles. The second-order valence-corrected chi connectivity index (χ2v) is 5.72. The van der Waals surface area contributed by atoms with Gasteiger partial charge in [0.05, 0.1) is 17.4 Å². The molecule has 2 rings (SSSR count). The van der Waals surface area contributed by atoms with Crippen molar-refractivity contribution in [3.63, 3.8) is 0 Å². The maximum Gasteiger partial charge on any atom is 0.335 e. The predicted octanol–water partition coefficient (Wildman–Crippen LogP) is 1.32. The lowest BCUT2D eigenvalue weighted by atomic mass is 10.2. The van der Waals surface area contributed by atoms with Gasteiger partial charge in [-0.1, -0.05) is 11.8 Å². The second-order valence-electron chi connectivity index (χ2n) is 4.75. The van der Waals surface area contributed by atoms with Gasteiger partial charge in [-0.2, -0.15) is 0 Å². The van der Waals surface area contributed by atoms with Crippen LogP contribution in [0, 0.1) is 0 Å². The molecule has 0 saturated carbocycles. The van der Waals surface area contributed by atoms with Gasteiger partial charge in [-0.25, -0.2) is 4.79 Å². The average Bonchev–Trinajstić information content (AvgIpc) is 2.45. The van der Waals surface area contributed by atoms with E-state index in [2.05, 4.69) is 15.6 Å². The molecular weight excluding hydrogens is 306 g/mol. The van der Waals surface area contributed by atoms with Crippen LogP contribution in [0.15, 0.2) is 29.3 Å². The smallest absolute Gasteiger partial charge is 0.335 e. The van der Waals surface area contributed by atoms with Crippen LogP contribution in [-0.4, -0.2) is 39.9 Å². The van der Waals surface area contributed by atoms with Crippen molar-refractivity contribution < 1.29 is 19.5 Å². The fourth-order valence-corrected chi connectivity index (χ4v) is 2.60. The zero-order valence-electron chi connectivity index (χ0n) is 11.8. The number of aromatic carboxylic acids is 1. The van der Waals surface area contributed by atoms with E-state index in [4.69, 9.17) is 5.11 Å². The number of carbonyl (C=O) groups excluding carboxylic acids is 2. The van der Waals surface area contributed by atoms with Crippen LogP contribution >= 0.6 is 11.8 Å². The molecule has 7 nitrogen and oxygen atoms in total. The van der Waals surface area contributed by atoms with Gasteiger partial charge in [-0.05, 0) is 31.2 Å². The molecule has 3 N–H and O–H groups in total. The van der Waals surface area contributed by atoms with Crippen molar-refractivity contribution in [1.82, 2.24) is 5.32 Å². The normalized spacial score (nSPS) is 17.4. The third-order valence-corrected chi connectivity index (χ3v) is 3.71. The van der Waals surface area contributed by atoms with Gasteiger partial charge in [-0.3, -0.25) is 14.6 Å². The SMILES string of the molecule is CC1CC(=O)NC(SCC(=O)Nc2ccc(C(=O)O)cc2)=N1. The van der Waals surface area contributed by atoms with Gasteiger partial charge in [0.2, 0.25) is 11.8 Å². The van der Waals surface area contributed by atoms with Gasteiger partial charge >= 0.3 is 5.97 Å². The molecule has 1 atom stereocenters. The number of hydrogen-bond donors (Lipinski definition) is 3. The van der Waals surface area contributed by atoms with Gasteiger partial charge < -0.3 is 15.7 Å². The topological polar surface area (TPSA) is 108 Å². The Bertz CT molecular complexity index is 627. The summed E-state index contributed by atoms with van der Waals surface area (Å²) in [5.41, 5.74) is 0.666. The van der Waals surface area contributed by atoms with Gasteiger partial charge in [0.15, 0.2) is 5.17 Å². The Kier molecular flexibility index (Phi) is 5.16. The van der Waals surface area contributed by atoms with E-state index in [1.165, 1.54) is 24.3 Å². The van der Waals surface area contributed by atoms with Crippen LogP contribution in [0.5, 0.6) is 0 Å². The van der Waals surface area contributed by atoms with Crippen LogP contribution in [0.3, 0.4) is 0 Å². The van der Waals surface area contributed by atoms with Crippen LogP contribution < -0.4 is 10.6 Å². The molecule has 1 unspecified atom stereocenters. The number of carboxylic acids is 1. The van der Waals surface area contributed by atoms with Crippen LogP contribution in [0.2, 0.25) is 0 Å². The molecule has 0 fully saturated rings. The van der Waals surface area contributed by atoms with Crippen molar-refractivity contribution in [1.29, 1.82) is 0 Å². The summed E-state index contributed by atoms with van der Waals surface area (Å²) in [6, 6.07) is 5.79. The number of nitrogens with zero attached hydrogens (tertiary/aromatic N) is 1. The Hall–Kier alpha value is -2.35. The number of aliphatic imine (C=N–C) groups is 1. The number of benzene rings is 1. The number of anilines is 1. The lowest BCUT2D eigenvalue weighted by Gasteiger charge is -2.17. The molecule has 0 radical (unpaired) electrons. The molecule has 0 spiro atoms. The van der Waals surface area contributed by atoms with Gasteiger partial charge in [0, 0.05) is 12.1 Å². The maximum absolute atomic E-state index is 11.8. The third-order valence-electron chi connectivity index (χ3n) is 2.82. The zero-order chi connectivity index (χ0) is 16.1. The van der Waals surface area contributed by atoms with Crippen LogP contribution in [0.1, 0.15) is 23.7 Å². The van der Waals surface area contributed by atoms with Crippen molar-refractivity contribution in [2.24, 2.45) is 4.99 Å². The summed E-state index contributed by atoms with van der Waals surface area (Å²) in [7, 11) is 0. The first-order chi connectivity index (χ1) is 10.4. The Balaban J connectivity index is 1.85. The molecule has 1 aliphatic rings. The quantitative estimate of drug-likeness (QED) is 0.775. The molecule has 0 saturated heterocycles. The van der Waals surface area contributed by atoms with Crippen molar-refractivity contribution in [2.45, 2.75) is 19.4 Å². The molecule has 116 valence electrons. The summed E-state index contributed by atoms with van der Waals surface area (Å²) in [6.45, 7) is 1.84. The lowest BCUT2D eigenvalue weighted by molar-refractivity contribution is -0.120. The number of hydrogen-bond acceptors (Lipinski definition) is 5. The van der Waals surface area contributed by atoms with Crippen molar-refractivity contribution in [3.8, 4) is 0 Å². The Morgan fingerprint density at radius 3 is 2.68 bits per heavy atom. The molecule has 8 heteroatoms. The van der Waals surface area contributed by atoms with E-state index in [1.54, 1.807) is 0 Å². The molecule has 0 bridgehead atoms. The van der Waals surface area contributed by atoms with Gasteiger partial charge in [0.1, 0.15) is 0 Å². The van der Waals surface area contributed by atoms with Gasteiger partial charge in [-0.15, -0.1) is 0 Å². The van der Waals surface area contributed by atoms with Crippen LogP contribution in [0.25, 0.3) is 0 Å². The average molecular weight is 321 g/mol. The fourth-order valence-electron chi connectivity index (χ4n) is 1.82. The number of carbonyl (C=O) groups is 3. The van der Waals surface area contributed by atoms with Crippen molar-refractivity contribution >= 4 is 40.4 Å².